The van der Waals surface area contributed by atoms with Crippen LogP contribution in [0, 0.1) is 0 Å². The van der Waals surface area contributed by atoms with Crippen molar-refractivity contribution in [3.63, 3.8) is 0 Å². The van der Waals surface area contributed by atoms with Gasteiger partial charge in [-0.25, -0.2) is 9.59 Å². The standard InChI is InChI=1S/C18H26O5/c1-5-7-15-8-10-16(11-9-15)17(19)22-13(3)12-14(4)23-18(20)21-6-2/h8-11,13-14H,5-7,12H2,1-4H3. The van der Waals surface area contributed by atoms with Crippen molar-refractivity contribution in [2.45, 2.75) is 59.2 Å². The monoisotopic (exact) mass is 322 g/mol. The maximum absolute atomic E-state index is 12.1. The van der Waals surface area contributed by atoms with Gasteiger partial charge in [-0.15, -0.1) is 0 Å². The molecule has 0 N–H and O–H groups in total. The minimum atomic E-state index is -0.704. The van der Waals surface area contributed by atoms with Crippen LogP contribution >= 0.6 is 0 Å². The zero-order valence-electron chi connectivity index (χ0n) is 14.3. The fourth-order valence-corrected chi connectivity index (χ4v) is 2.23. The second-order valence-corrected chi connectivity index (χ2v) is 5.51. The third kappa shape index (κ3) is 7.17. The normalized spacial score (nSPS) is 13.0. The molecule has 0 aliphatic rings. The van der Waals surface area contributed by atoms with Crippen molar-refractivity contribution >= 4 is 12.1 Å². The Balaban J connectivity index is 2.44. The molecule has 128 valence electrons. The fraction of sp³-hybridized carbons (Fsp3) is 0.556. The maximum atomic E-state index is 12.1. The number of ether oxygens (including phenoxy) is 3. The molecule has 0 aromatic heterocycles. The molecular formula is C18H26O5. The van der Waals surface area contributed by atoms with E-state index in [2.05, 4.69) is 6.92 Å². The van der Waals surface area contributed by atoms with E-state index in [1.165, 1.54) is 5.56 Å². The number of carbonyl (C=O) groups is 2. The SMILES string of the molecule is CCCc1ccc(C(=O)OC(C)CC(C)OC(=O)OCC)cc1. The molecule has 0 saturated carbocycles. The molecule has 0 aliphatic heterocycles. The molecule has 0 aliphatic carbocycles. The number of hydrogen-bond donors (Lipinski definition) is 0. The molecule has 0 radical (unpaired) electrons. The van der Waals surface area contributed by atoms with Crippen LogP contribution in [0.4, 0.5) is 4.79 Å². The van der Waals surface area contributed by atoms with Crippen LogP contribution in [0.25, 0.3) is 0 Å². The summed E-state index contributed by atoms with van der Waals surface area (Å²) in [6.45, 7) is 7.60. The number of carbonyl (C=O) groups excluding carboxylic acids is 2. The van der Waals surface area contributed by atoms with Gasteiger partial charge in [-0.05, 0) is 44.9 Å². The first kappa shape index (κ1) is 19.0. The van der Waals surface area contributed by atoms with Crippen LogP contribution in [0.5, 0.6) is 0 Å². The van der Waals surface area contributed by atoms with E-state index in [0.29, 0.717) is 12.0 Å². The Morgan fingerprint density at radius 3 is 2.17 bits per heavy atom. The topological polar surface area (TPSA) is 61.8 Å². The Kier molecular flexibility index (Phi) is 8.16. The quantitative estimate of drug-likeness (QED) is 0.673. The van der Waals surface area contributed by atoms with E-state index in [0.717, 1.165) is 12.8 Å². The van der Waals surface area contributed by atoms with Gasteiger partial charge in [0, 0.05) is 6.42 Å². The van der Waals surface area contributed by atoms with Gasteiger partial charge in [-0.1, -0.05) is 25.5 Å². The van der Waals surface area contributed by atoms with Crippen LogP contribution in [0.3, 0.4) is 0 Å². The molecule has 0 heterocycles. The lowest BCUT2D eigenvalue weighted by Crippen LogP contribution is -2.24. The molecule has 2 atom stereocenters. The molecule has 0 saturated heterocycles. The minimum Gasteiger partial charge on any atom is -0.459 e. The molecule has 23 heavy (non-hydrogen) atoms. The average Bonchev–Trinajstić information content (AvgIpc) is 2.47. The van der Waals surface area contributed by atoms with E-state index in [4.69, 9.17) is 14.2 Å². The summed E-state index contributed by atoms with van der Waals surface area (Å²) in [6, 6.07) is 7.44. The molecule has 2 unspecified atom stereocenters. The van der Waals surface area contributed by atoms with Crippen molar-refractivity contribution in [1.29, 1.82) is 0 Å². The first-order valence-electron chi connectivity index (χ1n) is 8.09. The number of benzene rings is 1. The van der Waals surface area contributed by atoms with Crippen molar-refractivity contribution in [1.82, 2.24) is 0 Å². The summed E-state index contributed by atoms with van der Waals surface area (Å²) >= 11 is 0. The van der Waals surface area contributed by atoms with Gasteiger partial charge in [0.2, 0.25) is 0 Å². The van der Waals surface area contributed by atoms with Crippen LogP contribution in [-0.4, -0.2) is 30.9 Å². The Bertz CT molecular complexity index is 495. The maximum Gasteiger partial charge on any atom is 0.508 e. The van der Waals surface area contributed by atoms with Gasteiger partial charge >= 0.3 is 12.1 Å². The van der Waals surface area contributed by atoms with Gasteiger partial charge in [-0.2, -0.15) is 0 Å². The van der Waals surface area contributed by atoms with E-state index in [-0.39, 0.29) is 24.8 Å². The van der Waals surface area contributed by atoms with Crippen molar-refractivity contribution in [3.8, 4) is 0 Å². The Morgan fingerprint density at radius 1 is 1.00 bits per heavy atom. The summed E-state index contributed by atoms with van der Waals surface area (Å²) in [5.41, 5.74) is 1.73. The van der Waals surface area contributed by atoms with E-state index < -0.39 is 6.16 Å². The van der Waals surface area contributed by atoms with Crippen LogP contribution in [0.1, 0.15) is 56.5 Å². The second kappa shape index (κ2) is 9.87. The zero-order valence-corrected chi connectivity index (χ0v) is 14.3. The van der Waals surface area contributed by atoms with Crippen LogP contribution in [0.15, 0.2) is 24.3 Å². The highest BCUT2D eigenvalue weighted by Crippen LogP contribution is 2.12. The summed E-state index contributed by atoms with van der Waals surface area (Å²) in [5, 5.41) is 0. The van der Waals surface area contributed by atoms with Crippen LogP contribution in [-0.2, 0) is 20.6 Å². The molecule has 1 aromatic carbocycles. The zero-order chi connectivity index (χ0) is 17.2. The van der Waals surface area contributed by atoms with Gasteiger partial charge in [0.1, 0.15) is 12.2 Å². The predicted molar refractivity (Wildman–Crippen MR) is 87.5 cm³/mol. The molecule has 1 rings (SSSR count). The smallest absolute Gasteiger partial charge is 0.459 e. The lowest BCUT2D eigenvalue weighted by molar-refractivity contribution is 0.00175. The average molecular weight is 322 g/mol. The summed E-state index contributed by atoms with van der Waals surface area (Å²) in [7, 11) is 0. The molecule has 5 nitrogen and oxygen atoms in total. The van der Waals surface area contributed by atoms with E-state index in [1.54, 1.807) is 32.9 Å². The fourth-order valence-electron chi connectivity index (χ4n) is 2.23. The van der Waals surface area contributed by atoms with E-state index in [1.807, 2.05) is 12.1 Å². The second-order valence-electron chi connectivity index (χ2n) is 5.51. The Morgan fingerprint density at radius 2 is 1.61 bits per heavy atom. The summed E-state index contributed by atoms with van der Waals surface area (Å²) in [4.78, 5) is 23.3. The van der Waals surface area contributed by atoms with Crippen molar-refractivity contribution in [3.05, 3.63) is 35.4 Å². The first-order valence-corrected chi connectivity index (χ1v) is 8.09. The Labute approximate surface area is 137 Å². The third-order valence-electron chi connectivity index (χ3n) is 3.26. The van der Waals surface area contributed by atoms with Gasteiger partial charge in [-0.3, -0.25) is 0 Å². The molecule has 0 amide bonds. The summed E-state index contributed by atoms with van der Waals surface area (Å²) in [5.74, 6) is -0.371. The largest absolute Gasteiger partial charge is 0.508 e. The molecule has 0 fully saturated rings. The Hall–Kier alpha value is -2.04. The van der Waals surface area contributed by atoms with Crippen molar-refractivity contribution in [2.24, 2.45) is 0 Å². The van der Waals surface area contributed by atoms with Crippen LogP contribution < -0.4 is 0 Å². The van der Waals surface area contributed by atoms with E-state index >= 15 is 0 Å². The number of aryl methyl sites for hydroxylation is 1. The van der Waals surface area contributed by atoms with Gasteiger partial charge < -0.3 is 14.2 Å². The lowest BCUT2D eigenvalue weighted by atomic mass is 10.1. The third-order valence-corrected chi connectivity index (χ3v) is 3.26. The molecular weight excluding hydrogens is 296 g/mol. The molecule has 5 heteroatoms. The minimum absolute atomic E-state index is 0.268. The summed E-state index contributed by atoms with van der Waals surface area (Å²) < 4.78 is 15.1. The number of esters is 1. The summed E-state index contributed by atoms with van der Waals surface area (Å²) in [6.07, 6.45) is 1.03. The number of hydrogen-bond acceptors (Lipinski definition) is 5. The highest BCUT2D eigenvalue weighted by Gasteiger charge is 2.17. The van der Waals surface area contributed by atoms with Crippen molar-refractivity contribution in [2.75, 3.05) is 6.61 Å². The van der Waals surface area contributed by atoms with Crippen LogP contribution in [0.2, 0.25) is 0 Å². The molecule has 0 bridgehead atoms. The predicted octanol–water partition coefficient (Wildman–Crippen LogP) is 4.14. The van der Waals surface area contributed by atoms with E-state index in [9.17, 15) is 9.59 Å². The molecule has 1 aromatic rings. The highest BCUT2D eigenvalue weighted by atomic mass is 16.7. The lowest BCUT2D eigenvalue weighted by Gasteiger charge is -2.18. The first-order chi connectivity index (χ1) is 11.0. The highest BCUT2D eigenvalue weighted by molar-refractivity contribution is 5.89. The number of rotatable bonds is 8. The van der Waals surface area contributed by atoms with Gasteiger partial charge in [0.15, 0.2) is 0 Å². The van der Waals surface area contributed by atoms with Crippen molar-refractivity contribution < 1.29 is 23.8 Å². The van der Waals surface area contributed by atoms with Gasteiger partial charge in [0.05, 0.1) is 12.2 Å². The molecule has 0 spiro atoms. The van der Waals surface area contributed by atoms with Gasteiger partial charge in [0.25, 0.3) is 0 Å².